The van der Waals surface area contributed by atoms with Crippen molar-refractivity contribution in [1.29, 1.82) is 0 Å². The maximum absolute atomic E-state index is 14.5. The average molecular weight is 896 g/mol. The number of hydrogen-bond donors (Lipinski definition) is 4. The zero-order valence-electron chi connectivity index (χ0n) is 36.1. The number of alkyl halides is 1. The van der Waals surface area contributed by atoms with E-state index in [1.54, 1.807) is 36.5 Å². The number of nitrogens with one attached hydrogen (secondary N) is 3. The number of pyridine rings is 1. The molecule has 64 heavy (non-hydrogen) atoms. The molecule has 3 aromatic rings. The fourth-order valence-corrected chi connectivity index (χ4v) is 10.9. The Labute approximate surface area is 375 Å². The van der Waals surface area contributed by atoms with Crippen LogP contribution in [0.25, 0.3) is 10.8 Å². The molecule has 1 aliphatic carbocycles. The van der Waals surface area contributed by atoms with E-state index in [1.807, 2.05) is 6.92 Å². The van der Waals surface area contributed by atoms with Crippen molar-refractivity contribution in [2.45, 2.75) is 94.1 Å². The van der Waals surface area contributed by atoms with Gasteiger partial charge < -0.3 is 30.7 Å². The van der Waals surface area contributed by atoms with E-state index in [-0.39, 0.29) is 47.6 Å². The third-order valence-electron chi connectivity index (χ3n) is 13.3. The molecule has 5 N–H and O–H groups in total. The van der Waals surface area contributed by atoms with E-state index in [0.29, 0.717) is 53.3 Å². The third kappa shape index (κ3) is 9.45. The van der Waals surface area contributed by atoms with Crippen LogP contribution in [0, 0.1) is 29.6 Å². The first kappa shape index (κ1) is 45.0. The van der Waals surface area contributed by atoms with Gasteiger partial charge >= 0.3 is 0 Å². The van der Waals surface area contributed by atoms with E-state index in [2.05, 4.69) is 32.7 Å². The number of anilines is 1. The SMILES string of the molecule is CCC1C(CSc2ncc(C#CC3CCC(CN4CCC(OCCNc5cccc6c5C(=O)N(C5CCC(=O)NC5=O)C6=O)CC4)CC3)c3cc(C(N)=O)c(OC)cc23)NC(=O)C1F. The average Bonchev–Trinajstić information content (AvgIpc) is 3.72. The molecule has 8 rings (SSSR count). The molecule has 4 aliphatic heterocycles. The van der Waals surface area contributed by atoms with Gasteiger partial charge in [0.1, 0.15) is 16.8 Å². The standard InChI is InChI=1S/C47H54FN7O8S/c1-3-30-36(52-44(59)41(30)48)25-64-45-33-22-38(62-2)34(42(49)57)21-32(33)28(23-51-45)12-11-26-7-9-27(10-8-26)24-54-18-15-29(16-19-54)63-20-17-50-35-6-4-5-31-40(35)47(61)55(46(31)60)37-13-14-39(56)53-43(37)58/h4-6,21-23,26-27,29-30,36-37,41,50H,3,7-10,13-20,24-25H2,1-2H3,(H2,49,57)(H,52,59)(H,53,56,58). The number of benzene rings is 2. The molecule has 15 nitrogen and oxygen atoms in total. The monoisotopic (exact) mass is 895 g/mol. The highest BCUT2D eigenvalue weighted by atomic mass is 32.2. The van der Waals surface area contributed by atoms with Gasteiger partial charge in [0.05, 0.1) is 42.1 Å². The Morgan fingerprint density at radius 1 is 1.02 bits per heavy atom. The van der Waals surface area contributed by atoms with Crippen LogP contribution in [0.4, 0.5) is 10.1 Å². The van der Waals surface area contributed by atoms with Crippen LogP contribution in [0.5, 0.6) is 5.75 Å². The molecule has 0 radical (unpaired) electrons. The number of carbonyl (C=O) groups is 6. The Bertz CT molecular complexity index is 2410. The van der Waals surface area contributed by atoms with Crippen LogP contribution in [0.3, 0.4) is 0 Å². The molecule has 4 atom stereocenters. The molecule has 6 amide bonds. The summed E-state index contributed by atoms with van der Waals surface area (Å²) in [6, 6.07) is 7.15. The maximum atomic E-state index is 14.5. The minimum Gasteiger partial charge on any atom is -0.496 e. The Hall–Kier alpha value is -5.57. The lowest BCUT2D eigenvalue weighted by atomic mass is 9.81. The van der Waals surface area contributed by atoms with Gasteiger partial charge in [-0.25, -0.2) is 9.37 Å². The van der Waals surface area contributed by atoms with Crippen molar-refractivity contribution in [2.24, 2.45) is 23.5 Å². The summed E-state index contributed by atoms with van der Waals surface area (Å²) in [5.41, 5.74) is 7.65. The lowest BCUT2D eigenvalue weighted by Gasteiger charge is -2.36. The molecular formula is C47H54FN7O8S. The van der Waals surface area contributed by atoms with Crippen molar-refractivity contribution in [2.75, 3.05) is 51.0 Å². The predicted molar refractivity (Wildman–Crippen MR) is 237 cm³/mol. The van der Waals surface area contributed by atoms with Crippen LogP contribution >= 0.6 is 11.8 Å². The fraction of sp³-hybridized carbons (Fsp3) is 0.511. The van der Waals surface area contributed by atoms with E-state index in [9.17, 15) is 33.2 Å². The first-order valence-corrected chi connectivity index (χ1v) is 23.2. The number of amides is 6. The molecular weight excluding hydrogens is 842 g/mol. The van der Waals surface area contributed by atoms with Gasteiger partial charge in [0, 0.05) is 78.9 Å². The van der Waals surface area contributed by atoms with Gasteiger partial charge in [0.15, 0.2) is 6.17 Å². The molecule has 0 spiro atoms. The molecule has 3 saturated heterocycles. The Morgan fingerprint density at radius 2 is 1.80 bits per heavy atom. The fourth-order valence-electron chi connectivity index (χ4n) is 9.78. The van der Waals surface area contributed by atoms with Crippen LogP contribution < -0.4 is 26.4 Å². The number of primary amides is 1. The number of likely N-dealkylation sites (tertiary alicyclic amines) is 1. The van der Waals surface area contributed by atoms with E-state index < -0.39 is 53.6 Å². The molecule has 5 heterocycles. The predicted octanol–water partition coefficient (Wildman–Crippen LogP) is 4.45. The summed E-state index contributed by atoms with van der Waals surface area (Å²) < 4.78 is 26.2. The van der Waals surface area contributed by atoms with Crippen LogP contribution in [0.1, 0.15) is 101 Å². The van der Waals surface area contributed by atoms with Crippen LogP contribution in [0.2, 0.25) is 0 Å². The van der Waals surface area contributed by atoms with Crippen molar-refractivity contribution >= 4 is 63.7 Å². The molecule has 4 unspecified atom stereocenters. The number of hydrogen-bond acceptors (Lipinski definition) is 12. The quantitative estimate of drug-likeness (QED) is 0.0768. The number of nitrogens with zero attached hydrogens (tertiary/aromatic N) is 3. The smallest absolute Gasteiger partial charge is 0.264 e. The summed E-state index contributed by atoms with van der Waals surface area (Å²) in [4.78, 5) is 83.4. The zero-order chi connectivity index (χ0) is 45.1. The van der Waals surface area contributed by atoms with E-state index in [1.165, 1.54) is 18.9 Å². The number of nitrogens with two attached hydrogens (primary N) is 1. The summed E-state index contributed by atoms with van der Waals surface area (Å²) in [5.74, 6) is 4.73. The first-order chi connectivity index (χ1) is 30.9. The number of piperidine rings is 2. The molecule has 4 fully saturated rings. The number of imide groups is 2. The highest BCUT2D eigenvalue weighted by Gasteiger charge is 2.46. The van der Waals surface area contributed by atoms with Gasteiger partial charge in [-0.3, -0.25) is 39.0 Å². The van der Waals surface area contributed by atoms with E-state index in [4.69, 9.17) is 20.2 Å². The number of carbonyl (C=O) groups excluding carboxylic acids is 6. The highest BCUT2D eigenvalue weighted by molar-refractivity contribution is 7.99. The third-order valence-corrected chi connectivity index (χ3v) is 14.5. The summed E-state index contributed by atoms with van der Waals surface area (Å²) in [5, 5.41) is 10.4. The van der Waals surface area contributed by atoms with Crippen LogP contribution in [-0.2, 0) is 19.1 Å². The molecule has 338 valence electrons. The summed E-state index contributed by atoms with van der Waals surface area (Å²) in [6.07, 6.45) is 7.02. The van der Waals surface area contributed by atoms with Gasteiger partial charge in [-0.2, -0.15) is 0 Å². The van der Waals surface area contributed by atoms with Gasteiger partial charge in [-0.1, -0.05) is 24.8 Å². The minimum absolute atomic E-state index is 0.0657. The largest absolute Gasteiger partial charge is 0.496 e. The molecule has 2 aromatic carbocycles. The van der Waals surface area contributed by atoms with Crippen molar-refractivity contribution < 1.29 is 42.6 Å². The zero-order valence-corrected chi connectivity index (χ0v) is 36.9. The molecule has 0 bridgehead atoms. The summed E-state index contributed by atoms with van der Waals surface area (Å²) in [7, 11) is 1.48. The van der Waals surface area contributed by atoms with Crippen molar-refractivity contribution in [3.8, 4) is 17.6 Å². The van der Waals surface area contributed by atoms with Crippen LogP contribution in [-0.4, -0.2) is 120 Å². The minimum atomic E-state index is -1.52. The second-order valence-electron chi connectivity index (χ2n) is 17.3. The van der Waals surface area contributed by atoms with Gasteiger partial charge in [0.25, 0.3) is 23.6 Å². The molecule has 1 aromatic heterocycles. The summed E-state index contributed by atoms with van der Waals surface area (Å²) >= 11 is 1.42. The number of ether oxygens (including phenoxy) is 2. The highest BCUT2D eigenvalue weighted by Crippen LogP contribution is 2.37. The number of halogens is 1. The van der Waals surface area contributed by atoms with Gasteiger partial charge in [-0.15, -0.1) is 11.8 Å². The van der Waals surface area contributed by atoms with Crippen molar-refractivity contribution in [3.63, 3.8) is 0 Å². The number of rotatable bonds is 14. The molecule has 5 aliphatic rings. The van der Waals surface area contributed by atoms with Crippen molar-refractivity contribution in [3.05, 3.63) is 58.8 Å². The van der Waals surface area contributed by atoms with Crippen LogP contribution in [0.15, 0.2) is 41.6 Å². The van der Waals surface area contributed by atoms with E-state index >= 15 is 0 Å². The Balaban J connectivity index is 0.798. The van der Waals surface area contributed by atoms with Crippen molar-refractivity contribution in [1.82, 2.24) is 25.4 Å². The normalized spacial score (nSPS) is 25.2. The number of aromatic nitrogens is 1. The van der Waals surface area contributed by atoms with E-state index in [0.717, 1.165) is 73.8 Å². The Kier molecular flexibility index (Phi) is 13.8. The van der Waals surface area contributed by atoms with Gasteiger partial charge in [-0.05, 0) is 81.5 Å². The maximum Gasteiger partial charge on any atom is 0.264 e. The summed E-state index contributed by atoms with van der Waals surface area (Å²) in [6.45, 7) is 5.69. The Morgan fingerprint density at radius 3 is 2.52 bits per heavy atom. The lowest BCUT2D eigenvalue weighted by molar-refractivity contribution is -0.136. The first-order valence-electron chi connectivity index (χ1n) is 22.3. The second kappa shape index (κ2) is 19.7. The molecule has 17 heteroatoms. The number of methoxy groups -OCH3 is 1. The number of thioether (sulfide) groups is 1. The topological polar surface area (TPSA) is 202 Å². The molecule has 1 saturated carbocycles. The van der Waals surface area contributed by atoms with Gasteiger partial charge in [0.2, 0.25) is 11.8 Å². The number of fused-ring (bicyclic) bond motifs is 2. The lowest BCUT2D eigenvalue weighted by Crippen LogP contribution is -2.54. The second-order valence-corrected chi connectivity index (χ2v) is 18.3.